The van der Waals surface area contributed by atoms with E-state index in [1.807, 2.05) is 48.5 Å². The molecule has 2 heterocycles. The van der Waals surface area contributed by atoms with Crippen molar-refractivity contribution in [3.8, 4) is 34.0 Å². The summed E-state index contributed by atoms with van der Waals surface area (Å²) in [5, 5.41) is 12.2. The maximum atomic E-state index is 13.4. The largest absolute Gasteiger partial charge is 0.497 e. The quantitative estimate of drug-likeness (QED) is 0.161. The number of benzene rings is 2. The van der Waals surface area contributed by atoms with Gasteiger partial charge in [0.15, 0.2) is 0 Å². The van der Waals surface area contributed by atoms with E-state index < -0.39 is 11.2 Å². The van der Waals surface area contributed by atoms with Crippen molar-refractivity contribution in [2.24, 2.45) is 0 Å². The molecule has 1 unspecified atom stereocenters. The maximum Gasteiger partial charge on any atom is 0.341 e. The van der Waals surface area contributed by atoms with Crippen LogP contribution in [0.2, 0.25) is 0 Å². The minimum atomic E-state index is -0.559. The van der Waals surface area contributed by atoms with E-state index in [1.165, 1.54) is 23.1 Å². The van der Waals surface area contributed by atoms with Crippen LogP contribution in [-0.2, 0) is 22.4 Å². The van der Waals surface area contributed by atoms with Gasteiger partial charge in [-0.3, -0.25) is 4.79 Å². The fraction of sp³-hybridized carbons (Fsp3) is 0.323. The minimum Gasteiger partial charge on any atom is -0.497 e. The summed E-state index contributed by atoms with van der Waals surface area (Å²) in [6, 6.07) is 15.1. The van der Waals surface area contributed by atoms with Gasteiger partial charge in [-0.05, 0) is 93.6 Å². The second-order valence-corrected chi connectivity index (χ2v) is 12.0. The first-order chi connectivity index (χ1) is 20.4. The molecule has 0 spiro atoms. The van der Waals surface area contributed by atoms with Gasteiger partial charge in [-0.25, -0.2) is 9.78 Å². The molecule has 4 aromatic rings. The smallest absolute Gasteiger partial charge is 0.341 e. The van der Waals surface area contributed by atoms with Crippen molar-refractivity contribution in [3.63, 3.8) is 0 Å². The normalized spacial score (nSPS) is 13.1. The molecular weight excluding hydrogens is 572 g/mol. The molecule has 1 atom stereocenters. The van der Waals surface area contributed by atoms with Gasteiger partial charge in [-0.15, -0.1) is 21.5 Å². The number of carbonyl (C=O) groups is 2. The number of fused-ring (bicyclic) bond motifs is 1. The third-order valence-corrected chi connectivity index (χ3v) is 9.09. The number of methoxy groups -OCH3 is 2. The number of hydrogen-bond donors (Lipinski definition) is 1. The van der Waals surface area contributed by atoms with Crippen LogP contribution < -0.4 is 14.8 Å². The van der Waals surface area contributed by atoms with E-state index in [4.69, 9.17) is 19.2 Å². The summed E-state index contributed by atoms with van der Waals surface area (Å²) >= 11 is 2.67. The highest BCUT2D eigenvalue weighted by Crippen LogP contribution is 2.39. The first-order valence-electron chi connectivity index (χ1n) is 13.7. The van der Waals surface area contributed by atoms with Gasteiger partial charge >= 0.3 is 5.97 Å². The van der Waals surface area contributed by atoms with Crippen LogP contribution >= 0.6 is 23.1 Å². The summed E-state index contributed by atoms with van der Waals surface area (Å²) in [5.74, 6) is 0.816. The van der Waals surface area contributed by atoms with E-state index >= 15 is 0 Å². The van der Waals surface area contributed by atoms with Gasteiger partial charge in [0, 0.05) is 16.0 Å². The van der Waals surface area contributed by atoms with E-state index in [2.05, 4.69) is 15.5 Å². The molecule has 2 aromatic heterocycles. The monoisotopic (exact) mass is 604 g/mol. The molecule has 0 saturated carbocycles. The van der Waals surface area contributed by atoms with Gasteiger partial charge in [0.2, 0.25) is 11.1 Å². The molecule has 0 saturated heterocycles. The number of thiophene rings is 1. The third-order valence-electron chi connectivity index (χ3n) is 6.93. The number of carbonyl (C=O) groups excluding carboxylic acids is 2. The number of aromatic nitrogens is 3. The third kappa shape index (κ3) is 6.42. The highest BCUT2D eigenvalue weighted by atomic mass is 32.2. The molecule has 0 fully saturated rings. The van der Waals surface area contributed by atoms with Crippen molar-refractivity contribution in [1.29, 1.82) is 0 Å². The van der Waals surface area contributed by atoms with Gasteiger partial charge in [0.05, 0.1) is 31.6 Å². The van der Waals surface area contributed by atoms with Crippen molar-refractivity contribution in [2.45, 2.75) is 49.9 Å². The number of hydrogen-bond acceptors (Lipinski definition) is 10. The molecule has 11 heteroatoms. The zero-order chi connectivity index (χ0) is 29.6. The number of nitrogens with zero attached hydrogens (tertiary/aromatic N) is 3. The van der Waals surface area contributed by atoms with Crippen molar-refractivity contribution in [1.82, 2.24) is 15.2 Å². The fourth-order valence-electron chi connectivity index (χ4n) is 4.75. The Morgan fingerprint density at radius 1 is 0.929 bits per heavy atom. The second kappa shape index (κ2) is 13.3. The summed E-state index contributed by atoms with van der Waals surface area (Å²) in [4.78, 5) is 32.2. The number of esters is 1. The molecular formula is C31H32N4O5S2. The Labute approximate surface area is 253 Å². The Morgan fingerprint density at radius 2 is 1.55 bits per heavy atom. The van der Waals surface area contributed by atoms with Crippen LogP contribution in [0, 0.1) is 0 Å². The Bertz CT molecular complexity index is 1570. The van der Waals surface area contributed by atoms with Crippen LogP contribution in [0.5, 0.6) is 11.5 Å². The molecule has 0 bridgehead atoms. The van der Waals surface area contributed by atoms with Crippen LogP contribution in [0.3, 0.4) is 0 Å². The summed E-state index contributed by atoms with van der Waals surface area (Å²) < 4.78 is 15.9. The number of anilines is 1. The lowest BCUT2D eigenvalue weighted by Crippen LogP contribution is -2.23. The lowest BCUT2D eigenvalue weighted by Gasteiger charge is -2.14. The van der Waals surface area contributed by atoms with Crippen molar-refractivity contribution in [3.05, 3.63) is 64.5 Å². The lowest BCUT2D eigenvalue weighted by molar-refractivity contribution is -0.115. The summed E-state index contributed by atoms with van der Waals surface area (Å²) in [6.45, 7) is 3.84. The highest BCUT2D eigenvalue weighted by Gasteiger charge is 2.28. The van der Waals surface area contributed by atoms with E-state index in [0.29, 0.717) is 27.1 Å². The zero-order valence-electron chi connectivity index (χ0n) is 23.9. The molecule has 218 valence electrons. The molecule has 1 amide bonds. The van der Waals surface area contributed by atoms with Gasteiger partial charge in [-0.1, -0.05) is 11.8 Å². The minimum absolute atomic E-state index is 0.252. The average Bonchev–Trinajstić information content (AvgIpc) is 3.39. The van der Waals surface area contributed by atoms with Crippen molar-refractivity contribution < 1.29 is 23.8 Å². The van der Waals surface area contributed by atoms with Crippen LogP contribution in [0.15, 0.2) is 53.7 Å². The molecule has 42 heavy (non-hydrogen) atoms. The molecule has 0 aliphatic heterocycles. The fourth-order valence-corrected chi connectivity index (χ4v) is 6.75. The van der Waals surface area contributed by atoms with Crippen LogP contribution in [0.25, 0.3) is 22.5 Å². The Kier molecular flexibility index (Phi) is 9.38. The van der Waals surface area contributed by atoms with Gasteiger partial charge in [0.1, 0.15) is 27.9 Å². The SMILES string of the molecule is CCOC(=O)c1c(NC(=O)C(C)Sc2nnc(-c3ccc(OC)cc3)c(-c3ccc(OC)cc3)n2)sc2c1CCCC2. The summed E-state index contributed by atoms with van der Waals surface area (Å²) in [7, 11) is 3.24. The summed E-state index contributed by atoms with van der Waals surface area (Å²) in [6.07, 6.45) is 3.81. The number of rotatable bonds is 10. The van der Waals surface area contributed by atoms with Crippen molar-refractivity contribution in [2.75, 3.05) is 26.1 Å². The standard InChI is InChI=1S/C31H32N4O5S2/c1-5-40-30(37)25-23-8-6-7-9-24(23)42-29(25)33-28(36)18(2)41-31-32-26(19-10-14-21(38-3)15-11-19)27(34-35-31)20-12-16-22(39-4)17-13-20/h10-18H,5-9H2,1-4H3,(H,33,36). The maximum absolute atomic E-state index is 13.4. The number of thioether (sulfide) groups is 1. The van der Waals surface area contributed by atoms with E-state index in [9.17, 15) is 9.59 Å². The van der Waals surface area contributed by atoms with E-state index in [0.717, 1.165) is 58.7 Å². The number of nitrogens with one attached hydrogen (secondary N) is 1. The number of ether oxygens (including phenoxy) is 3. The average molecular weight is 605 g/mol. The zero-order valence-corrected chi connectivity index (χ0v) is 25.6. The first-order valence-corrected chi connectivity index (χ1v) is 15.4. The van der Waals surface area contributed by atoms with Gasteiger partial charge < -0.3 is 19.5 Å². The number of amides is 1. The molecule has 5 rings (SSSR count). The highest BCUT2D eigenvalue weighted by molar-refractivity contribution is 8.00. The predicted octanol–water partition coefficient (Wildman–Crippen LogP) is 6.46. The van der Waals surface area contributed by atoms with Crippen LogP contribution in [0.4, 0.5) is 5.00 Å². The Morgan fingerprint density at radius 3 is 2.17 bits per heavy atom. The van der Waals surface area contributed by atoms with Crippen molar-refractivity contribution >= 4 is 40.0 Å². The topological polar surface area (TPSA) is 113 Å². The van der Waals surface area contributed by atoms with Crippen LogP contribution in [0.1, 0.15) is 47.5 Å². The van der Waals surface area contributed by atoms with Gasteiger partial charge in [-0.2, -0.15) is 0 Å². The molecule has 1 aliphatic carbocycles. The Hall–Kier alpha value is -3.96. The predicted molar refractivity (Wildman–Crippen MR) is 165 cm³/mol. The number of aryl methyl sites for hydroxylation is 1. The Balaban J connectivity index is 1.41. The van der Waals surface area contributed by atoms with Crippen LogP contribution in [-0.4, -0.2) is 53.1 Å². The molecule has 1 aliphatic rings. The molecule has 0 radical (unpaired) electrons. The van der Waals surface area contributed by atoms with E-state index in [-0.39, 0.29) is 12.5 Å². The lowest BCUT2D eigenvalue weighted by atomic mass is 9.95. The first kappa shape index (κ1) is 29.5. The molecule has 1 N–H and O–H groups in total. The van der Waals surface area contributed by atoms with Gasteiger partial charge in [0.25, 0.3) is 0 Å². The second-order valence-electron chi connectivity index (χ2n) is 9.63. The van der Waals surface area contributed by atoms with E-state index in [1.54, 1.807) is 28.1 Å². The molecule has 9 nitrogen and oxygen atoms in total. The summed E-state index contributed by atoms with van der Waals surface area (Å²) in [5.41, 5.74) is 4.39. The molecule has 2 aromatic carbocycles.